The molecule has 0 saturated carbocycles. The zero-order chi connectivity index (χ0) is 21.0. The molecule has 0 unspecified atom stereocenters. The molecule has 7 nitrogen and oxygen atoms in total. The summed E-state index contributed by atoms with van der Waals surface area (Å²) in [5, 5.41) is 3.15. The van der Waals surface area contributed by atoms with Crippen molar-refractivity contribution in [3.8, 4) is 0 Å². The first-order chi connectivity index (χ1) is 13.7. The first-order valence-electron chi connectivity index (χ1n) is 9.16. The monoisotopic (exact) mass is 411 g/mol. The normalized spacial score (nSPS) is 11.2. The van der Waals surface area contributed by atoms with Gasteiger partial charge in [-0.25, -0.2) is 13.4 Å². The second-order valence-corrected chi connectivity index (χ2v) is 8.86. The molecule has 3 rings (SSSR count). The Morgan fingerprint density at radius 3 is 2.28 bits per heavy atom. The Hall–Kier alpha value is -3.13. The Bertz CT molecular complexity index is 1100. The third-order valence-electron chi connectivity index (χ3n) is 4.15. The number of aryl methyl sites for hydroxylation is 2. The van der Waals surface area contributed by atoms with Crippen LogP contribution in [0.25, 0.3) is 0 Å². The van der Waals surface area contributed by atoms with Gasteiger partial charge in [-0.15, -0.1) is 0 Å². The van der Waals surface area contributed by atoms with E-state index in [-0.39, 0.29) is 5.75 Å². The number of nitrogens with one attached hydrogen (secondary N) is 2. The molecule has 0 fully saturated rings. The Balaban J connectivity index is 1.69. The van der Waals surface area contributed by atoms with Crippen LogP contribution in [0.4, 0.5) is 23.1 Å². The zero-order valence-corrected chi connectivity index (χ0v) is 17.8. The molecule has 0 aliphatic carbocycles. The fourth-order valence-corrected chi connectivity index (χ4v) is 4.01. The summed E-state index contributed by atoms with van der Waals surface area (Å²) in [5.41, 5.74) is 3.91. The van der Waals surface area contributed by atoms with Crippen LogP contribution in [0.5, 0.6) is 0 Å². The van der Waals surface area contributed by atoms with Crippen LogP contribution in [-0.4, -0.2) is 32.5 Å². The van der Waals surface area contributed by atoms with E-state index in [4.69, 9.17) is 0 Å². The third-order valence-corrected chi connectivity index (χ3v) is 5.41. The minimum atomic E-state index is -3.50. The number of benzene rings is 2. The highest BCUT2D eigenvalue weighted by molar-refractivity contribution is 7.91. The summed E-state index contributed by atoms with van der Waals surface area (Å²) in [6, 6.07) is 16.4. The van der Waals surface area contributed by atoms with Crippen molar-refractivity contribution in [2.24, 2.45) is 0 Å². The second-order valence-electron chi connectivity index (χ2n) is 7.14. The first-order valence-corrected chi connectivity index (χ1v) is 10.8. The standard InChI is InChI=1S/C21H25N5O2S/c1-15-6-5-7-17(12-15)14-29(27,28)25-19-10-8-18(9-11-19)23-21-22-16(2)13-20(24-21)26(3)4/h5-13,25H,14H2,1-4H3,(H,22,23,24). The van der Waals surface area contributed by atoms with Crippen LogP contribution in [-0.2, 0) is 15.8 Å². The molecule has 0 aliphatic heterocycles. The topological polar surface area (TPSA) is 87.2 Å². The largest absolute Gasteiger partial charge is 0.363 e. The van der Waals surface area contributed by atoms with E-state index >= 15 is 0 Å². The van der Waals surface area contributed by atoms with Crippen molar-refractivity contribution in [3.63, 3.8) is 0 Å². The van der Waals surface area contributed by atoms with Crippen molar-refractivity contribution in [1.29, 1.82) is 0 Å². The van der Waals surface area contributed by atoms with Gasteiger partial charge in [0.1, 0.15) is 5.82 Å². The van der Waals surface area contributed by atoms with E-state index in [9.17, 15) is 8.42 Å². The number of sulfonamides is 1. The number of hydrogen-bond donors (Lipinski definition) is 2. The molecule has 8 heteroatoms. The molecule has 0 saturated heterocycles. The third kappa shape index (κ3) is 5.92. The number of rotatable bonds is 7. The van der Waals surface area contributed by atoms with Crippen LogP contribution in [0.3, 0.4) is 0 Å². The van der Waals surface area contributed by atoms with E-state index in [1.807, 2.05) is 63.2 Å². The lowest BCUT2D eigenvalue weighted by Crippen LogP contribution is -2.15. The molecule has 2 aromatic carbocycles. The van der Waals surface area contributed by atoms with Crippen molar-refractivity contribution < 1.29 is 8.42 Å². The Morgan fingerprint density at radius 2 is 1.62 bits per heavy atom. The van der Waals surface area contributed by atoms with Gasteiger partial charge in [-0.1, -0.05) is 29.8 Å². The fraction of sp³-hybridized carbons (Fsp3) is 0.238. The molecular formula is C21H25N5O2S. The fourth-order valence-electron chi connectivity index (χ4n) is 2.82. The number of aromatic nitrogens is 2. The van der Waals surface area contributed by atoms with Crippen molar-refractivity contribution in [2.75, 3.05) is 29.0 Å². The molecular weight excluding hydrogens is 386 g/mol. The minimum absolute atomic E-state index is 0.0703. The highest BCUT2D eigenvalue weighted by Gasteiger charge is 2.12. The Morgan fingerprint density at radius 1 is 0.931 bits per heavy atom. The van der Waals surface area contributed by atoms with Gasteiger partial charge in [-0.3, -0.25) is 4.72 Å². The predicted octanol–water partition coefficient (Wildman–Crippen LogP) is 3.84. The molecule has 29 heavy (non-hydrogen) atoms. The van der Waals surface area contributed by atoms with Crippen molar-refractivity contribution in [2.45, 2.75) is 19.6 Å². The molecule has 0 aliphatic rings. The Labute approximate surface area is 171 Å². The van der Waals surface area contributed by atoms with Gasteiger partial charge in [0.2, 0.25) is 16.0 Å². The predicted molar refractivity (Wildman–Crippen MR) is 118 cm³/mol. The van der Waals surface area contributed by atoms with Gasteiger partial charge in [-0.05, 0) is 43.7 Å². The summed E-state index contributed by atoms with van der Waals surface area (Å²) in [4.78, 5) is 10.8. The highest BCUT2D eigenvalue weighted by atomic mass is 32.2. The van der Waals surface area contributed by atoms with Gasteiger partial charge in [-0.2, -0.15) is 4.98 Å². The average Bonchev–Trinajstić information content (AvgIpc) is 2.62. The van der Waals surface area contributed by atoms with Gasteiger partial charge in [0.15, 0.2) is 0 Å². The van der Waals surface area contributed by atoms with Crippen molar-refractivity contribution in [3.05, 3.63) is 71.4 Å². The zero-order valence-electron chi connectivity index (χ0n) is 17.0. The summed E-state index contributed by atoms with van der Waals surface area (Å²) in [6.45, 7) is 3.85. The Kier molecular flexibility index (Phi) is 6.03. The molecule has 0 bridgehead atoms. The highest BCUT2D eigenvalue weighted by Crippen LogP contribution is 2.20. The molecule has 0 atom stereocenters. The lowest BCUT2D eigenvalue weighted by molar-refractivity contribution is 0.600. The summed E-state index contributed by atoms with van der Waals surface area (Å²) in [7, 11) is 0.342. The number of nitrogens with zero attached hydrogens (tertiary/aromatic N) is 3. The smallest absolute Gasteiger partial charge is 0.236 e. The summed E-state index contributed by atoms with van der Waals surface area (Å²) >= 11 is 0. The molecule has 0 radical (unpaired) electrons. The number of anilines is 4. The summed E-state index contributed by atoms with van der Waals surface area (Å²) in [5.74, 6) is 1.22. The summed E-state index contributed by atoms with van der Waals surface area (Å²) < 4.78 is 27.5. The van der Waals surface area contributed by atoms with E-state index in [0.29, 0.717) is 11.6 Å². The maximum absolute atomic E-state index is 12.4. The van der Waals surface area contributed by atoms with Crippen LogP contribution in [0.1, 0.15) is 16.8 Å². The van der Waals surface area contributed by atoms with Gasteiger partial charge in [0.05, 0.1) is 5.75 Å². The van der Waals surface area contributed by atoms with E-state index < -0.39 is 10.0 Å². The SMILES string of the molecule is Cc1cccc(CS(=O)(=O)Nc2ccc(Nc3nc(C)cc(N(C)C)n3)cc2)c1. The summed E-state index contributed by atoms with van der Waals surface area (Å²) in [6.07, 6.45) is 0. The van der Waals surface area contributed by atoms with Crippen molar-refractivity contribution >= 4 is 33.2 Å². The average molecular weight is 412 g/mol. The molecule has 0 amide bonds. The van der Waals surface area contributed by atoms with Gasteiger partial charge < -0.3 is 10.2 Å². The lowest BCUT2D eigenvalue weighted by Gasteiger charge is -2.14. The molecule has 1 heterocycles. The van der Waals surface area contributed by atoms with Crippen LogP contribution < -0.4 is 14.9 Å². The minimum Gasteiger partial charge on any atom is -0.363 e. The van der Waals surface area contributed by atoms with Gasteiger partial charge in [0, 0.05) is 37.2 Å². The second kappa shape index (κ2) is 8.48. The van der Waals surface area contributed by atoms with E-state index in [1.54, 1.807) is 24.3 Å². The van der Waals surface area contributed by atoms with E-state index in [0.717, 1.165) is 28.3 Å². The van der Waals surface area contributed by atoms with Gasteiger partial charge in [0.25, 0.3) is 0 Å². The van der Waals surface area contributed by atoms with Crippen LogP contribution >= 0.6 is 0 Å². The maximum Gasteiger partial charge on any atom is 0.236 e. The quantitative estimate of drug-likeness (QED) is 0.614. The number of hydrogen-bond acceptors (Lipinski definition) is 6. The van der Waals surface area contributed by atoms with Crippen LogP contribution in [0, 0.1) is 13.8 Å². The molecule has 0 spiro atoms. The van der Waals surface area contributed by atoms with Crippen LogP contribution in [0.2, 0.25) is 0 Å². The van der Waals surface area contributed by atoms with E-state index in [2.05, 4.69) is 20.0 Å². The molecule has 3 aromatic rings. The van der Waals surface area contributed by atoms with Gasteiger partial charge >= 0.3 is 0 Å². The molecule has 2 N–H and O–H groups in total. The first kappa shape index (κ1) is 20.6. The lowest BCUT2D eigenvalue weighted by atomic mass is 10.2. The van der Waals surface area contributed by atoms with Crippen LogP contribution in [0.15, 0.2) is 54.6 Å². The maximum atomic E-state index is 12.4. The van der Waals surface area contributed by atoms with E-state index in [1.165, 1.54) is 0 Å². The van der Waals surface area contributed by atoms with Crippen molar-refractivity contribution in [1.82, 2.24) is 9.97 Å². The molecule has 1 aromatic heterocycles. The molecule has 152 valence electrons.